The summed E-state index contributed by atoms with van der Waals surface area (Å²) in [5.74, 6) is 0.567. The molecule has 2 N–H and O–H groups in total. The van der Waals surface area contributed by atoms with Crippen LogP contribution < -0.4 is 10.2 Å². The monoisotopic (exact) mass is 396 g/mol. The number of carbonyl (C=O) groups excluding carboxylic acids is 1. The van der Waals surface area contributed by atoms with E-state index in [9.17, 15) is 9.90 Å². The van der Waals surface area contributed by atoms with Gasteiger partial charge in [0.2, 0.25) is 0 Å². The molecule has 2 aromatic rings. The number of nitrogens with one attached hydrogen (secondary N) is 1. The van der Waals surface area contributed by atoms with E-state index in [2.05, 4.69) is 17.5 Å². The lowest BCUT2D eigenvalue weighted by Crippen LogP contribution is -2.17. The standard InChI is InChI=1S/C24H32N2O3/c1-2-3-4-5-6-7-8-11-18-29-22-16-14-20(15-17-22)24(28)26-25-19-21-12-9-10-13-23(21)27/h9-10,12-17,19,27H,2-8,11,18H2,1H3,(H,26,28)/b25-19-. The summed E-state index contributed by atoms with van der Waals surface area (Å²) in [5, 5.41) is 13.6. The van der Waals surface area contributed by atoms with Gasteiger partial charge in [-0.3, -0.25) is 4.79 Å². The lowest BCUT2D eigenvalue weighted by molar-refractivity contribution is 0.0955. The van der Waals surface area contributed by atoms with E-state index < -0.39 is 0 Å². The van der Waals surface area contributed by atoms with Crippen molar-refractivity contribution >= 4 is 12.1 Å². The first-order valence-corrected chi connectivity index (χ1v) is 10.5. The molecule has 156 valence electrons. The first kappa shape index (κ1) is 22.5. The third-order valence-electron chi connectivity index (χ3n) is 4.69. The van der Waals surface area contributed by atoms with Gasteiger partial charge >= 0.3 is 0 Å². The van der Waals surface area contributed by atoms with Crippen LogP contribution in [0.25, 0.3) is 0 Å². The number of hydrazone groups is 1. The molecule has 29 heavy (non-hydrogen) atoms. The highest BCUT2D eigenvalue weighted by Gasteiger charge is 2.04. The second-order valence-electron chi connectivity index (χ2n) is 7.11. The van der Waals surface area contributed by atoms with Gasteiger partial charge in [0.25, 0.3) is 5.91 Å². The van der Waals surface area contributed by atoms with Crippen molar-refractivity contribution < 1.29 is 14.6 Å². The molecule has 0 aliphatic heterocycles. The molecule has 0 fully saturated rings. The molecule has 0 aliphatic rings. The third kappa shape index (κ3) is 8.81. The Morgan fingerprint density at radius 3 is 2.31 bits per heavy atom. The number of ether oxygens (including phenoxy) is 1. The number of phenols is 1. The molecular formula is C24H32N2O3. The predicted molar refractivity (Wildman–Crippen MR) is 118 cm³/mol. The Bertz CT molecular complexity index is 757. The number of amides is 1. The Kier molecular flexibility index (Phi) is 10.4. The van der Waals surface area contributed by atoms with E-state index in [1.165, 1.54) is 51.2 Å². The normalized spacial score (nSPS) is 10.9. The highest BCUT2D eigenvalue weighted by Crippen LogP contribution is 2.14. The van der Waals surface area contributed by atoms with E-state index in [1.54, 1.807) is 48.5 Å². The molecule has 0 spiro atoms. The Morgan fingerprint density at radius 1 is 0.966 bits per heavy atom. The van der Waals surface area contributed by atoms with E-state index in [0.29, 0.717) is 17.7 Å². The molecule has 0 saturated carbocycles. The van der Waals surface area contributed by atoms with Crippen LogP contribution in [0, 0.1) is 0 Å². The lowest BCUT2D eigenvalue weighted by atomic mass is 10.1. The maximum atomic E-state index is 12.1. The second-order valence-corrected chi connectivity index (χ2v) is 7.11. The third-order valence-corrected chi connectivity index (χ3v) is 4.69. The number of unbranched alkanes of at least 4 members (excludes halogenated alkanes) is 7. The Morgan fingerprint density at radius 2 is 1.62 bits per heavy atom. The van der Waals surface area contributed by atoms with Crippen molar-refractivity contribution in [3.05, 3.63) is 59.7 Å². The molecule has 0 atom stereocenters. The van der Waals surface area contributed by atoms with Crippen molar-refractivity contribution in [3.63, 3.8) is 0 Å². The molecule has 5 heteroatoms. The molecule has 0 aromatic heterocycles. The molecule has 2 rings (SSSR count). The largest absolute Gasteiger partial charge is 0.507 e. The zero-order valence-electron chi connectivity index (χ0n) is 17.3. The summed E-state index contributed by atoms with van der Waals surface area (Å²) in [6, 6.07) is 13.8. The number of carbonyl (C=O) groups is 1. The summed E-state index contributed by atoms with van der Waals surface area (Å²) in [6.07, 6.45) is 11.6. The van der Waals surface area contributed by atoms with Gasteiger partial charge in [0.05, 0.1) is 12.8 Å². The molecule has 5 nitrogen and oxygen atoms in total. The summed E-state index contributed by atoms with van der Waals surface area (Å²) in [6.45, 7) is 2.94. The number of para-hydroxylation sites is 1. The number of aromatic hydroxyl groups is 1. The van der Waals surface area contributed by atoms with Crippen molar-refractivity contribution in [2.45, 2.75) is 58.3 Å². The number of hydrogen-bond acceptors (Lipinski definition) is 4. The number of benzene rings is 2. The fourth-order valence-corrected chi connectivity index (χ4v) is 2.95. The van der Waals surface area contributed by atoms with E-state index >= 15 is 0 Å². The van der Waals surface area contributed by atoms with Gasteiger partial charge in [0.15, 0.2) is 0 Å². The zero-order valence-corrected chi connectivity index (χ0v) is 17.3. The molecule has 0 heterocycles. The molecule has 2 aromatic carbocycles. The first-order valence-electron chi connectivity index (χ1n) is 10.5. The van der Waals surface area contributed by atoms with Crippen LogP contribution in [0.2, 0.25) is 0 Å². The van der Waals surface area contributed by atoms with Gasteiger partial charge in [-0.2, -0.15) is 5.10 Å². The predicted octanol–water partition coefficient (Wildman–Crippen LogP) is 5.68. The van der Waals surface area contributed by atoms with Gasteiger partial charge in [0.1, 0.15) is 11.5 Å². The SMILES string of the molecule is CCCCCCCCCCOc1ccc(C(=O)N/N=C\c2ccccc2O)cc1. The molecule has 0 aliphatic carbocycles. The highest BCUT2D eigenvalue weighted by molar-refractivity contribution is 5.95. The molecule has 0 radical (unpaired) electrons. The van der Waals surface area contributed by atoms with Gasteiger partial charge in [-0.25, -0.2) is 5.43 Å². The van der Waals surface area contributed by atoms with Crippen molar-refractivity contribution in [2.24, 2.45) is 5.10 Å². The maximum absolute atomic E-state index is 12.1. The van der Waals surface area contributed by atoms with E-state index in [4.69, 9.17) is 4.74 Å². The Hall–Kier alpha value is -2.82. The number of nitrogens with zero attached hydrogens (tertiary/aromatic N) is 1. The second kappa shape index (κ2) is 13.4. The minimum absolute atomic E-state index is 0.114. The molecule has 1 amide bonds. The lowest BCUT2D eigenvalue weighted by Gasteiger charge is -2.07. The van der Waals surface area contributed by atoms with Crippen LogP contribution in [0.15, 0.2) is 53.6 Å². The Labute approximate surface area is 173 Å². The van der Waals surface area contributed by atoms with Crippen molar-refractivity contribution in [2.75, 3.05) is 6.61 Å². The van der Waals surface area contributed by atoms with E-state index in [1.807, 2.05) is 0 Å². The minimum Gasteiger partial charge on any atom is -0.507 e. The molecule has 0 saturated heterocycles. The van der Waals surface area contributed by atoms with Crippen LogP contribution >= 0.6 is 0 Å². The number of rotatable bonds is 13. The maximum Gasteiger partial charge on any atom is 0.271 e. The minimum atomic E-state index is -0.314. The van der Waals surface area contributed by atoms with Crippen LogP contribution in [-0.2, 0) is 0 Å². The average molecular weight is 397 g/mol. The first-order chi connectivity index (χ1) is 14.2. The summed E-state index contributed by atoms with van der Waals surface area (Å²) in [4.78, 5) is 12.1. The van der Waals surface area contributed by atoms with Crippen LogP contribution in [-0.4, -0.2) is 23.8 Å². The van der Waals surface area contributed by atoms with Crippen LogP contribution in [0.3, 0.4) is 0 Å². The average Bonchev–Trinajstić information content (AvgIpc) is 2.74. The summed E-state index contributed by atoms with van der Waals surface area (Å²) in [7, 11) is 0. The number of phenolic OH excluding ortho intramolecular Hbond substituents is 1. The highest BCUT2D eigenvalue weighted by atomic mass is 16.5. The summed E-state index contributed by atoms with van der Waals surface area (Å²) >= 11 is 0. The van der Waals surface area contributed by atoms with Gasteiger partial charge in [0, 0.05) is 11.1 Å². The quantitative estimate of drug-likeness (QED) is 0.260. The molecular weight excluding hydrogens is 364 g/mol. The van der Waals surface area contributed by atoms with E-state index in [-0.39, 0.29) is 11.7 Å². The molecule has 0 unspecified atom stereocenters. The summed E-state index contributed by atoms with van der Waals surface area (Å²) in [5.41, 5.74) is 3.50. The van der Waals surface area contributed by atoms with Crippen molar-refractivity contribution in [1.29, 1.82) is 0 Å². The van der Waals surface area contributed by atoms with Gasteiger partial charge < -0.3 is 9.84 Å². The topological polar surface area (TPSA) is 70.9 Å². The molecule has 0 bridgehead atoms. The number of hydrogen-bond donors (Lipinski definition) is 2. The van der Waals surface area contributed by atoms with Gasteiger partial charge in [-0.05, 0) is 42.8 Å². The Balaban J connectivity index is 1.65. The van der Waals surface area contributed by atoms with Crippen LogP contribution in [0.4, 0.5) is 0 Å². The van der Waals surface area contributed by atoms with Crippen molar-refractivity contribution in [1.82, 2.24) is 5.43 Å². The summed E-state index contributed by atoms with van der Waals surface area (Å²) < 4.78 is 5.75. The fraction of sp³-hybridized carbons (Fsp3) is 0.417. The van der Waals surface area contributed by atoms with Gasteiger partial charge in [-0.1, -0.05) is 64.0 Å². The fourth-order valence-electron chi connectivity index (χ4n) is 2.95. The van der Waals surface area contributed by atoms with Crippen LogP contribution in [0.1, 0.15) is 74.2 Å². The van der Waals surface area contributed by atoms with E-state index in [0.717, 1.165) is 12.2 Å². The van der Waals surface area contributed by atoms with Crippen molar-refractivity contribution in [3.8, 4) is 11.5 Å². The smallest absolute Gasteiger partial charge is 0.271 e. The van der Waals surface area contributed by atoms with Gasteiger partial charge in [-0.15, -0.1) is 0 Å². The van der Waals surface area contributed by atoms with Crippen LogP contribution in [0.5, 0.6) is 11.5 Å². The zero-order chi connectivity index (χ0) is 20.7.